The van der Waals surface area contributed by atoms with Gasteiger partial charge in [-0.05, 0) is 36.4 Å². The first-order valence-electron chi connectivity index (χ1n) is 5.97. The van der Waals surface area contributed by atoms with E-state index in [-0.39, 0.29) is 21.9 Å². The summed E-state index contributed by atoms with van der Waals surface area (Å²) < 4.78 is 10.6. The zero-order valence-electron chi connectivity index (χ0n) is 11.2. The predicted molar refractivity (Wildman–Crippen MR) is 86.9 cm³/mol. The first kappa shape index (κ1) is 16.8. The third-order valence-corrected chi connectivity index (χ3v) is 3.74. The van der Waals surface area contributed by atoms with Crippen LogP contribution in [0.25, 0.3) is 0 Å². The lowest BCUT2D eigenvalue weighted by Crippen LogP contribution is -2.12. The maximum Gasteiger partial charge on any atom is 0.345 e. The minimum absolute atomic E-state index is 0.0751. The molecule has 0 saturated carbocycles. The molecule has 0 heterocycles. The molecule has 0 aliphatic carbocycles. The summed E-state index contributed by atoms with van der Waals surface area (Å²) >= 11 is 15.0. The van der Waals surface area contributed by atoms with Crippen molar-refractivity contribution >= 4 is 51.1 Å². The van der Waals surface area contributed by atoms with E-state index in [1.54, 1.807) is 6.07 Å². The average Bonchev–Trinajstić information content (AvgIpc) is 2.48. The van der Waals surface area contributed by atoms with Gasteiger partial charge in [0.25, 0.3) is 0 Å². The van der Waals surface area contributed by atoms with E-state index in [1.165, 1.54) is 37.4 Å². The van der Waals surface area contributed by atoms with E-state index in [1.807, 2.05) is 0 Å². The molecule has 22 heavy (non-hydrogen) atoms. The number of ether oxygens (including phenoxy) is 2. The highest BCUT2D eigenvalue weighted by Crippen LogP contribution is 2.27. The summed E-state index contributed by atoms with van der Waals surface area (Å²) in [6, 6.07) is 9.02. The number of methoxy groups -OCH3 is 1. The molecular formula is C15H9BrCl2O4. The van der Waals surface area contributed by atoms with Gasteiger partial charge in [0.05, 0.1) is 17.7 Å². The van der Waals surface area contributed by atoms with E-state index in [4.69, 9.17) is 27.9 Å². The Bertz CT molecular complexity index is 746. The number of esters is 2. The summed E-state index contributed by atoms with van der Waals surface area (Å²) in [5.41, 5.74) is 0.264. The molecule has 7 heteroatoms. The second-order valence-corrected chi connectivity index (χ2v) is 5.91. The highest BCUT2D eigenvalue weighted by molar-refractivity contribution is 9.10. The molecule has 4 nitrogen and oxygen atoms in total. The van der Waals surface area contributed by atoms with Crippen molar-refractivity contribution in [2.24, 2.45) is 0 Å². The SMILES string of the molecule is COC(=O)c1cc(Br)ccc1OC(=O)c1ccc(Cl)cc1Cl. The molecule has 0 N–H and O–H groups in total. The molecule has 0 aliphatic rings. The van der Waals surface area contributed by atoms with Crippen LogP contribution in [0.2, 0.25) is 10.0 Å². The van der Waals surface area contributed by atoms with Gasteiger partial charge in [0.15, 0.2) is 0 Å². The topological polar surface area (TPSA) is 52.6 Å². The van der Waals surface area contributed by atoms with Crippen LogP contribution in [0.15, 0.2) is 40.9 Å². The highest BCUT2D eigenvalue weighted by Gasteiger charge is 2.19. The van der Waals surface area contributed by atoms with Crippen molar-refractivity contribution in [3.8, 4) is 5.75 Å². The van der Waals surface area contributed by atoms with Crippen LogP contribution in [0.4, 0.5) is 0 Å². The lowest BCUT2D eigenvalue weighted by Gasteiger charge is -2.10. The van der Waals surface area contributed by atoms with Gasteiger partial charge in [0.1, 0.15) is 11.3 Å². The number of benzene rings is 2. The van der Waals surface area contributed by atoms with Crippen LogP contribution in [0.3, 0.4) is 0 Å². The number of hydrogen-bond donors (Lipinski definition) is 0. The molecule has 0 atom stereocenters. The van der Waals surface area contributed by atoms with Gasteiger partial charge in [-0.1, -0.05) is 39.1 Å². The molecule has 2 rings (SSSR count). The van der Waals surface area contributed by atoms with Crippen molar-refractivity contribution < 1.29 is 19.1 Å². The smallest absolute Gasteiger partial charge is 0.345 e. The largest absolute Gasteiger partial charge is 0.465 e. The third-order valence-electron chi connectivity index (χ3n) is 2.70. The Morgan fingerprint density at radius 1 is 1.00 bits per heavy atom. The van der Waals surface area contributed by atoms with Gasteiger partial charge in [-0.25, -0.2) is 9.59 Å². The zero-order chi connectivity index (χ0) is 16.3. The van der Waals surface area contributed by atoms with Crippen LogP contribution in [0, 0.1) is 0 Å². The molecule has 114 valence electrons. The maximum absolute atomic E-state index is 12.2. The van der Waals surface area contributed by atoms with Gasteiger partial charge in [-0.3, -0.25) is 0 Å². The van der Waals surface area contributed by atoms with Crippen molar-refractivity contribution in [3.05, 3.63) is 62.0 Å². The molecule has 2 aromatic rings. The minimum Gasteiger partial charge on any atom is -0.465 e. The number of hydrogen-bond acceptors (Lipinski definition) is 4. The average molecular weight is 404 g/mol. The van der Waals surface area contributed by atoms with E-state index < -0.39 is 11.9 Å². The fraction of sp³-hybridized carbons (Fsp3) is 0.0667. The second kappa shape index (κ2) is 7.13. The Morgan fingerprint density at radius 3 is 2.36 bits per heavy atom. The van der Waals surface area contributed by atoms with Crippen molar-refractivity contribution in [3.63, 3.8) is 0 Å². The molecule has 0 saturated heterocycles. The first-order valence-corrected chi connectivity index (χ1v) is 7.52. The number of carbonyl (C=O) groups is 2. The van der Waals surface area contributed by atoms with Gasteiger partial charge >= 0.3 is 11.9 Å². The van der Waals surface area contributed by atoms with Crippen LogP contribution in [-0.2, 0) is 4.74 Å². The lowest BCUT2D eigenvalue weighted by molar-refractivity contribution is 0.0593. The Kier molecular flexibility index (Phi) is 5.45. The van der Waals surface area contributed by atoms with Crippen molar-refractivity contribution in [1.82, 2.24) is 0 Å². The van der Waals surface area contributed by atoms with Gasteiger partial charge in [0, 0.05) is 9.50 Å². The Labute approximate surface area is 145 Å². The third kappa shape index (κ3) is 3.80. The molecule has 2 aromatic carbocycles. The molecule has 0 bridgehead atoms. The van der Waals surface area contributed by atoms with Gasteiger partial charge in [-0.15, -0.1) is 0 Å². The van der Waals surface area contributed by atoms with Gasteiger partial charge in [0.2, 0.25) is 0 Å². The Morgan fingerprint density at radius 2 is 1.73 bits per heavy atom. The van der Waals surface area contributed by atoms with Crippen LogP contribution in [0.5, 0.6) is 5.75 Å². The second-order valence-electron chi connectivity index (χ2n) is 4.15. The molecule has 0 radical (unpaired) electrons. The molecule has 0 amide bonds. The Balaban J connectivity index is 2.34. The van der Waals surface area contributed by atoms with Crippen LogP contribution >= 0.6 is 39.1 Å². The van der Waals surface area contributed by atoms with Crippen molar-refractivity contribution in [2.45, 2.75) is 0 Å². The molecule has 0 aromatic heterocycles. The van der Waals surface area contributed by atoms with Crippen LogP contribution in [-0.4, -0.2) is 19.0 Å². The fourth-order valence-electron chi connectivity index (χ4n) is 1.67. The van der Waals surface area contributed by atoms with Crippen molar-refractivity contribution in [1.29, 1.82) is 0 Å². The summed E-state index contributed by atoms with van der Waals surface area (Å²) in [5, 5.41) is 0.565. The lowest BCUT2D eigenvalue weighted by atomic mass is 10.2. The fourth-order valence-corrected chi connectivity index (χ4v) is 2.52. The van der Waals surface area contributed by atoms with E-state index in [0.717, 1.165) is 0 Å². The summed E-state index contributed by atoms with van der Waals surface area (Å²) in [6.45, 7) is 0. The molecule has 0 unspecified atom stereocenters. The Hall–Kier alpha value is -1.56. The van der Waals surface area contributed by atoms with E-state index >= 15 is 0 Å². The highest BCUT2D eigenvalue weighted by atomic mass is 79.9. The normalized spacial score (nSPS) is 10.2. The number of carbonyl (C=O) groups excluding carboxylic acids is 2. The van der Waals surface area contributed by atoms with Crippen LogP contribution < -0.4 is 4.74 Å². The van der Waals surface area contributed by atoms with E-state index in [0.29, 0.717) is 9.50 Å². The summed E-state index contributed by atoms with van der Waals surface area (Å²) in [6.07, 6.45) is 0. The minimum atomic E-state index is -0.700. The monoisotopic (exact) mass is 402 g/mol. The van der Waals surface area contributed by atoms with Crippen LogP contribution in [0.1, 0.15) is 20.7 Å². The number of halogens is 3. The summed E-state index contributed by atoms with van der Waals surface area (Å²) in [5.74, 6) is -1.24. The van der Waals surface area contributed by atoms with E-state index in [9.17, 15) is 9.59 Å². The summed E-state index contributed by atoms with van der Waals surface area (Å²) in [4.78, 5) is 23.9. The molecule has 0 aliphatic heterocycles. The first-order chi connectivity index (χ1) is 10.4. The molecular weight excluding hydrogens is 395 g/mol. The molecule has 0 fully saturated rings. The van der Waals surface area contributed by atoms with Gasteiger partial charge in [-0.2, -0.15) is 0 Å². The quantitative estimate of drug-likeness (QED) is 0.547. The summed E-state index contributed by atoms with van der Waals surface area (Å²) in [7, 11) is 1.24. The predicted octanol–water partition coefficient (Wildman–Crippen LogP) is 4.76. The van der Waals surface area contributed by atoms with E-state index in [2.05, 4.69) is 20.7 Å². The number of rotatable bonds is 3. The molecule has 0 spiro atoms. The zero-order valence-corrected chi connectivity index (χ0v) is 14.3. The van der Waals surface area contributed by atoms with Crippen molar-refractivity contribution in [2.75, 3.05) is 7.11 Å². The standard InChI is InChI=1S/C15H9BrCl2O4/c1-21-14(19)11-6-8(16)2-5-13(11)22-15(20)10-4-3-9(17)7-12(10)18/h2-7H,1H3. The van der Waals surface area contributed by atoms with Gasteiger partial charge < -0.3 is 9.47 Å². The maximum atomic E-state index is 12.2.